The van der Waals surface area contributed by atoms with Crippen molar-refractivity contribution in [1.29, 1.82) is 0 Å². The van der Waals surface area contributed by atoms with Crippen molar-refractivity contribution in [3.63, 3.8) is 0 Å². The van der Waals surface area contributed by atoms with Crippen molar-refractivity contribution in [3.8, 4) is 0 Å². The van der Waals surface area contributed by atoms with E-state index in [1.807, 2.05) is 0 Å². The van der Waals surface area contributed by atoms with Crippen molar-refractivity contribution in [1.82, 2.24) is 0 Å². The molecule has 0 aliphatic heterocycles. The summed E-state index contributed by atoms with van der Waals surface area (Å²) >= 11 is 3.79. The molecule has 0 fully saturated rings. The van der Waals surface area contributed by atoms with Crippen molar-refractivity contribution in [3.05, 3.63) is 24.3 Å². The van der Waals surface area contributed by atoms with Crippen LogP contribution in [0.3, 0.4) is 0 Å². The predicted molar refractivity (Wildman–Crippen MR) is 40.6 cm³/mol. The van der Waals surface area contributed by atoms with Crippen molar-refractivity contribution in [2.24, 2.45) is 5.92 Å². The lowest BCUT2D eigenvalue weighted by Gasteiger charge is -2.21. The lowest BCUT2D eigenvalue weighted by atomic mass is 10.00. The first-order chi connectivity index (χ1) is 5.02. The molecule has 0 spiro atoms. The Bertz CT molecular complexity index is 192. The number of halogens is 3. The molecule has 1 rings (SSSR count). The monoisotopic (exact) mass is 180 g/mol. The highest BCUT2D eigenvalue weighted by atomic mass is 32.1. The third-order valence-corrected chi connectivity index (χ3v) is 1.98. The molecule has 0 aromatic rings. The van der Waals surface area contributed by atoms with Crippen LogP contribution in [0.1, 0.15) is 0 Å². The summed E-state index contributed by atoms with van der Waals surface area (Å²) in [6.45, 7) is 0. The maximum atomic E-state index is 12.1. The molecule has 2 atom stereocenters. The Hall–Kier alpha value is -0.380. The predicted octanol–water partition coefficient (Wildman–Crippen LogP) is 2.59. The molecule has 4 heteroatoms. The summed E-state index contributed by atoms with van der Waals surface area (Å²) in [5.74, 6) is -1.43. The van der Waals surface area contributed by atoms with Gasteiger partial charge in [-0.05, 0) is 0 Å². The van der Waals surface area contributed by atoms with Crippen molar-refractivity contribution >= 4 is 12.6 Å². The van der Waals surface area contributed by atoms with Gasteiger partial charge in [-0.3, -0.25) is 0 Å². The highest BCUT2D eigenvalue weighted by Gasteiger charge is 2.41. The minimum atomic E-state index is -4.17. The van der Waals surface area contributed by atoms with Crippen LogP contribution in [-0.2, 0) is 0 Å². The van der Waals surface area contributed by atoms with Gasteiger partial charge in [-0.1, -0.05) is 24.3 Å². The van der Waals surface area contributed by atoms with E-state index in [0.717, 1.165) is 6.08 Å². The molecular formula is C7H7F3S. The fourth-order valence-electron chi connectivity index (χ4n) is 0.898. The lowest BCUT2D eigenvalue weighted by Crippen LogP contribution is -2.29. The van der Waals surface area contributed by atoms with Gasteiger partial charge in [0.05, 0.1) is 5.92 Å². The van der Waals surface area contributed by atoms with Gasteiger partial charge in [0, 0.05) is 5.25 Å². The van der Waals surface area contributed by atoms with E-state index in [1.165, 1.54) is 12.2 Å². The maximum Gasteiger partial charge on any atom is 0.396 e. The SMILES string of the molecule is FC(F)(F)C1C=CC=CC1S. The molecule has 11 heavy (non-hydrogen) atoms. The normalized spacial score (nSPS) is 30.9. The Morgan fingerprint density at radius 3 is 2.00 bits per heavy atom. The van der Waals surface area contributed by atoms with Crippen LogP contribution in [0.25, 0.3) is 0 Å². The Labute approximate surface area is 68.2 Å². The van der Waals surface area contributed by atoms with Crippen LogP contribution in [0.15, 0.2) is 24.3 Å². The molecule has 1 aliphatic carbocycles. The molecule has 0 aromatic carbocycles. The van der Waals surface area contributed by atoms with E-state index in [-0.39, 0.29) is 0 Å². The number of allylic oxidation sites excluding steroid dienone is 3. The minimum absolute atomic E-state index is 0.736. The van der Waals surface area contributed by atoms with Gasteiger partial charge < -0.3 is 0 Å². The van der Waals surface area contributed by atoms with Crippen LogP contribution in [0.2, 0.25) is 0 Å². The molecule has 0 radical (unpaired) electrons. The lowest BCUT2D eigenvalue weighted by molar-refractivity contribution is -0.158. The zero-order chi connectivity index (χ0) is 8.48. The number of thiol groups is 1. The summed E-state index contributed by atoms with van der Waals surface area (Å²) in [4.78, 5) is 0. The zero-order valence-electron chi connectivity index (χ0n) is 5.55. The van der Waals surface area contributed by atoms with Gasteiger partial charge >= 0.3 is 6.18 Å². The topological polar surface area (TPSA) is 0 Å². The number of hydrogen-bond donors (Lipinski definition) is 1. The number of rotatable bonds is 0. The van der Waals surface area contributed by atoms with E-state index in [9.17, 15) is 13.2 Å². The van der Waals surface area contributed by atoms with E-state index in [0.29, 0.717) is 0 Å². The minimum Gasteiger partial charge on any atom is -0.171 e. The van der Waals surface area contributed by atoms with Crippen molar-refractivity contribution in [2.75, 3.05) is 0 Å². The Balaban J connectivity index is 2.74. The maximum absolute atomic E-state index is 12.1. The first kappa shape index (κ1) is 8.71. The largest absolute Gasteiger partial charge is 0.396 e. The fourth-order valence-corrected chi connectivity index (χ4v) is 1.27. The van der Waals surface area contributed by atoms with Crippen LogP contribution < -0.4 is 0 Å². The molecule has 0 saturated heterocycles. The van der Waals surface area contributed by atoms with Crippen LogP contribution in [-0.4, -0.2) is 11.4 Å². The third kappa shape index (κ3) is 2.02. The van der Waals surface area contributed by atoms with Gasteiger partial charge in [-0.15, -0.1) is 0 Å². The second-order valence-electron chi connectivity index (χ2n) is 2.33. The molecule has 2 unspecified atom stereocenters. The average Bonchev–Trinajstić information content (AvgIpc) is 1.86. The van der Waals surface area contributed by atoms with Crippen LogP contribution in [0.5, 0.6) is 0 Å². The van der Waals surface area contributed by atoms with E-state index >= 15 is 0 Å². The summed E-state index contributed by atoms with van der Waals surface area (Å²) in [6.07, 6.45) is 1.34. The van der Waals surface area contributed by atoms with E-state index < -0.39 is 17.3 Å². The van der Waals surface area contributed by atoms with Crippen molar-refractivity contribution < 1.29 is 13.2 Å². The molecule has 62 valence electrons. The van der Waals surface area contributed by atoms with Crippen molar-refractivity contribution in [2.45, 2.75) is 11.4 Å². The third-order valence-electron chi connectivity index (χ3n) is 1.48. The molecule has 0 bridgehead atoms. The smallest absolute Gasteiger partial charge is 0.171 e. The summed E-state index contributed by atoms with van der Waals surface area (Å²) < 4.78 is 36.2. The van der Waals surface area contributed by atoms with E-state index in [2.05, 4.69) is 12.6 Å². The highest BCUT2D eigenvalue weighted by molar-refractivity contribution is 7.81. The van der Waals surface area contributed by atoms with Crippen LogP contribution in [0.4, 0.5) is 13.2 Å². The molecule has 0 heterocycles. The molecule has 0 aromatic heterocycles. The van der Waals surface area contributed by atoms with Gasteiger partial charge in [-0.25, -0.2) is 0 Å². The van der Waals surface area contributed by atoms with E-state index in [4.69, 9.17) is 0 Å². The zero-order valence-corrected chi connectivity index (χ0v) is 6.44. The number of alkyl halides is 3. The molecule has 0 saturated carbocycles. The Kier molecular flexibility index (Phi) is 2.32. The fraction of sp³-hybridized carbons (Fsp3) is 0.429. The second-order valence-corrected chi connectivity index (χ2v) is 2.92. The summed E-state index contributed by atoms with van der Waals surface area (Å²) in [5.41, 5.74) is 0. The molecule has 0 N–H and O–H groups in total. The molecular weight excluding hydrogens is 173 g/mol. The Morgan fingerprint density at radius 2 is 1.64 bits per heavy atom. The van der Waals surface area contributed by atoms with Crippen LogP contribution in [0, 0.1) is 5.92 Å². The van der Waals surface area contributed by atoms with Gasteiger partial charge in [-0.2, -0.15) is 25.8 Å². The standard InChI is InChI=1S/C7H7F3S/c8-7(9,10)5-3-1-2-4-6(5)11/h1-6,11H. The molecule has 1 aliphatic rings. The summed E-state index contributed by atoms with van der Waals surface area (Å²) in [6, 6.07) is 0. The quantitative estimate of drug-likeness (QED) is 0.544. The average molecular weight is 180 g/mol. The van der Waals surface area contributed by atoms with Crippen LogP contribution >= 0.6 is 12.6 Å². The van der Waals surface area contributed by atoms with Gasteiger partial charge in [0.25, 0.3) is 0 Å². The highest BCUT2D eigenvalue weighted by Crippen LogP contribution is 2.34. The molecule has 0 amide bonds. The van der Waals surface area contributed by atoms with Gasteiger partial charge in [0.15, 0.2) is 0 Å². The summed E-state index contributed by atoms with van der Waals surface area (Å²) in [5, 5.41) is -0.736. The van der Waals surface area contributed by atoms with Gasteiger partial charge in [0.1, 0.15) is 0 Å². The van der Waals surface area contributed by atoms with Gasteiger partial charge in [0.2, 0.25) is 0 Å². The second kappa shape index (κ2) is 2.93. The Morgan fingerprint density at radius 1 is 1.09 bits per heavy atom. The molecule has 0 nitrogen and oxygen atoms in total. The summed E-state index contributed by atoms with van der Waals surface area (Å²) in [7, 11) is 0. The first-order valence-corrected chi connectivity index (χ1v) is 3.63. The number of hydrogen-bond acceptors (Lipinski definition) is 1. The first-order valence-electron chi connectivity index (χ1n) is 3.11. The van der Waals surface area contributed by atoms with E-state index in [1.54, 1.807) is 6.08 Å².